The summed E-state index contributed by atoms with van der Waals surface area (Å²) in [6.07, 6.45) is 2.13. The number of benzene rings is 1. The molecule has 2 aromatic rings. The fourth-order valence-corrected chi connectivity index (χ4v) is 3.99. The second-order valence-electron chi connectivity index (χ2n) is 6.61. The Balaban J connectivity index is 1.68. The van der Waals surface area contributed by atoms with Gasteiger partial charge in [-0.3, -0.25) is 4.79 Å². The topological polar surface area (TPSA) is 32.3 Å². The zero-order chi connectivity index (χ0) is 17.1. The number of likely N-dealkylation sites (N-methyl/N-ethyl adjacent to an activating group) is 1. The van der Waals surface area contributed by atoms with Crippen molar-refractivity contribution in [1.82, 2.24) is 10.2 Å². The zero-order valence-electron chi connectivity index (χ0n) is 14.0. The van der Waals surface area contributed by atoms with Crippen LogP contribution in [0, 0.1) is 11.7 Å². The van der Waals surface area contributed by atoms with Crippen molar-refractivity contribution < 1.29 is 9.18 Å². The molecule has 3 nitrogen and oxygen atoms in total. The molecular weight excluding hydrogens is 323 g/mol. The van der Waals surface area contributed by atoms with Crippen LogP contribution in [0.15, 0.2) is 41.8 Å². The van der Waals surface area contributed by atoms with Crippen molar-refractivity contribution in [3.63, 3.8) is 0 Å². The SMILES string of the molecule is CN(C)C(CNC(=O)C(c1ccc(F)cc1)C1CC1)c1cccs1. The normalized spacial score (nSPS) is 16.8. The standard InChI is InChI=1S/C19H23FN2OS/c1-22(2)16(17-4-3-11-24-17)12-21-19(23)18(13-5-6-13)14-7-9-15(20)10-8-14/h3-4,7-11,13,16,18H,5-6,12H2,1-2H3,(H,21,23). The highest BCUT2D eigenvalue weighted by Gasteiger charge is 2.37. The van der Waals surface area contributed by atoms with E-state index in [-0.39, 0.29) is 23.7 Å². The summed E-state index contributed by atoms with van der Waals surface area (Å²) >= 11 is 1.70. The third-order valence-corrected chi connectivity index (χ3v) is 5.54. The van der Waals surface area contributed by atoms with E-state index in [1.54, 1.807) is 23.5 Å². The summed E-state index contributed by atoms with van der Waals surface area (Å²) in [6.45, 7) is 0.580. The minimum atomic E-state index is -0.265. The molecule has 128 valence electrons. The molecule has 1 saturated carbocycles. The molecule has 1 aliphatic rings. The van der Waals surface area contributed by atoms with Crippen LogP contribution in [-0.4, -0.2) is 31.4 Å². The van der Waals surface area contributed by atoms with Crippen LogP contribution in [0.5, 0.6) is 0 Å². The molecule has 0 saturated heterocycles. The molecule has 2 unspecified atom stereocenters. The number of nitrogens with one attached hydrogen (secondary N) is 1. The lowest BCUT2D eigenvalue weighted by Crippen LogP contribution is -2.37. The maximum Gasteiger partial charge on any atom is 0.227 e. The van der Waals surface area contributed by atoms with E-state index in [9.17, 15) is 9.18 Å². The molecule has 0 radical (unpaired) electrons. The van der Waals surface area contributed by atoms with Crippen molar-refractivity contribution in [3.05, 3.63) is 58.0 Å². The summed E-state index contributed by atoms with van der Waals surface area (Å²) in [5.41, 5.74) is 0.911. The van der Waals surface area contributed by atoms with Crippen LogP contribution in [-0.2, 0) is 4.79 Å². The predicted molar refractivity (Wildman–Crippen MR) is 95.6 cm³/mol. The van der Waals surface area contributed by atoms with Crippen molar-refractivity contribution in [2.24, 2.45) is 5.92 Å². The van der Waals surface area contributed by atoms with Crippen LogP contribution in [0.1, 0.15) is 35.2 Å². The lowest BCUT2D eigenvalue weighted by atomic mass is 9.93. The fraction of sp³-hybridized carbons (Fsp3) is 0.421. The molecule has 1 aromatic heterocycles. The van der Waals surface area contributed by atoms with Gasteiger partial charge in [0, 0.05) is 11.4 Å². The van der Waals surface area contributed by atoms with Crippen molar-refractivity contribution in [2.45, 2.75) is 24.8 Å². The molecule has 1 aromatic carbocycles. The highest BCUT2D eigenvalue weighted by Crippen LogP contribution is 2.42. The van der Waals surface area contributed by atoms with Gasteiger partial charge in [0.25, 0.3) is 0 Å². The second kappa shape index (κ2) is 7.45. The first-order valence-corrected chi connectivity index (χ1v) is 9.17. The van der Waals surface area contributed by atoms with Crippen LogP contribution in [0.2, 0.25) is 0 Å². The molecule has 0 bridgehead atoms. The largest absolute Gasteiger partial charge is 0.354 e. The van der Waals surface area contributed by atoms with Gasteiger partial charge in [0.05, 0.1) is 12.0 Å². The number of carbonyl (C=O) groups is 1. The van der Waals surface area contributed by atoms with E-state index < -0.39 is 0 Å². The van der Waals surface area contributed by atoms with Gasteiger partial charge >= 0.3 is 0 Å². The molecule has 5 heteroatoms. The molecule has 1 amide bonds. The summed E-state index contributed by atoms with van der Waals surface area (Å²) in [6, 6.07) is 10.6. The highest BCUT2D eigenvalue weighted by molar-refractivity contribution is 7.10. The monoisotopic (exact) mass is 346 g/mol. The van der Waals surface area contributed by atoms with Crippen molar-refractivity contribution in [2.75, 3.05) is 20.6 Å². The average Bonchev–Trinajstić information content (AvgIpc) is 3.23. The number of halogens is 1. The van der Waals surface area contributed by atoms with Gasteiger partial charge in [-0.1, -0.05) is 18.2 Å². The van der Waals surface area contributed by atoms with Gasteiger partial charge in [-0.05, 0) is 62.0 Å². The number of amides is 1. The quantitative estimate of drug-likeness (QED) is 0.827. The first-order valence-electron chi connectivity index (χ1n) is 8.29. The third-order valence-electron chi connectivity index (χ3n) is 4.57. The first kappa shape index (κ1) is 17.1. The van der Waals surface area contributed by atoms with Crippen LogP contribution in [0.4, 0.5) is 4.39 Å². The number of thiophene rings is 1. The third kappa shape index (κ3) is 4.02. The summed E-state index contributed by atoms with van der Waals surface area (Å²) in [5.74, 6) is -0.00154. The Bertz CT molecular complexity index is 665. The maximum atomic E-state index is 13.2. The van der Waals surface area contributed by atoms with E-state index in [2.05, 4.69) is 21.7 Å². The Morgan fingerprint density at radius 2 is 2.00 bits per heavy atom. The second-order valence-corrected chi connectivity index (χ2v) is 7.59. The summed E-state index contributed by atoms with van der Waals surface area (Å²) in [4.78, 5) is 16.1. The van der Waals surface area contributed by atoms with Gasteiger partial charge < -0.3 is 10.2 Å². The molecule has 3 rings (SSSR count). The van der Waals surface area contributed by atoms with Gasteiger partial charge in [-0.15, -0.1) is 11.3 Å². The van der Waals surface area contributed by atoms with E-state index in [0.29, 0.717) is 12.5 Å². The Labute approximate surface area is 146 Å². The van der Waals surface area contributed by atoms with Gasteiger partial charge in [0.15, 0.2) is 0 Å². The van der Waals surface area contributed by atoms with Crippen molar-refractivity contribution in [1.29, 1.82) is 0 Å². The number of carbonyl (C=O) groups excluding carboxylic acids is 1. The highest BCUT2D eigenvalue weighted by atomic mass is 32.1. The Hall–Kier alpha value is -1.72. The number of nitrogens with zero attached hydrogens (tertiary/aromatic N) is 1. The van der Waals surface area contributed by atoms with Crippen LogP contribution >= 0.6 is 11.3 Å². The van der Waals surface area contributed by atoms with Crippen molar-refractivity contribution >= 4 is 17.2 Å². The van der Waals surface area contributed by atoms with Gasteiger partial charge in [-0.25, -0.2) is 4.39 Å². The average molecular weight is 346 g/mol. The molecule has 24 heavy (non-hydrogen) atoms. The van der Waals surface area contributed by atoms with E-state index in [1.165, 1.54) is 17.0 Å². The first-order chi connectivity index (χ1) is 11.6. The van der Waals surface area contributed by atoms with Gasteiger partial charge in [0.2, 0.25) is 5.91 Å². The van der Waals surface area contributed by atoms with E-state index in [1.807, 2.05) is 20.2 Å². The Kier molecular flexibility index (Phi) is 5.31. The molecule has 1 fully saturated rings. The molecule has 1 heterocycles. The number of rotatable bonds is 7. The van der Waals surface area contributed by atoms with Crippen LogP contribution < -0.4 is 5.32 Å². The fourth-order valence-electron chi connectivity index (χ4n) is 3.06. The summed E-state index contributed by atoms with van der Waals surface area (Å²) in [5, 5.41) is 5.17. The van der Waals surface area contributed by atoms with Crippen LogP contribution in [0.25, 0.3) is 0 Å². The molecule has 1 aliphatic carbocycles. The molecular formula is C19H23FN2OS. The Morgan fingerprint density at radius 1 is 1.29 bits per heavy atom. The summed E-state index contributed by atoms with van der Waals surface area (Å²) in [7, 11) is 4.05. The number of hydrogen-bond acceptors (Lipinski definition) is 3. The van der Waals surface area contributed by atoms with Crippen LogP contribution in [0.3, 0.4) is 0 Å². The molecule has 2 atom stereocenters. The molecule has 0 spiro atoms. The van der Waals surface area contributed by atoms with Crippen molar-refractivity contribution in [3.8, 4) is 0 Å². The smallest absolute Gasteiger partial charge is 0.227 e. The molecule has 1 N–H and O–H groups in total. The minimum Gasteiger partial charge on any atom is -0.354 e. The lowest BCUT2D eigenvalue weighted by molar-refractivity contribution is -0.123. The summed E-state index contributed by atoms with van der Waals surface area (Å²) < 4.78 is 13.2. The lowest BCUT2D eigenvalue weighted by Gasteiger charge is -2.25. The van der Waals surface area contributed by atoms with E-state index in [0.717, 1.165) is 18.4 Å². The van der Waals surface area contributed by atoms with E-state index >= 15 is 0 Å². The Morgan fingerprint density at radius 3 is 2.54 bits per heavy atom. The van der Waals surface area contributed by atoms with Gasteiger partial charge in [0.1, 0.15) is 5.82 Å². The van der Waals surface area contributed by atoms with Gasteiger partial charge in [-0.2, -0.15) is 0 Å². The predicted octanol–water partition coefficient (Wildman–Crippen LogP) is 3.80. The maximum absolute atomic E-state index is 13.2. The van der Waals surface area contributed by atoms with E-state index in [4.69, 9.17) is 0 Å². The zero-order valence-corrected chi connectivity index (χ0v) is 14.9. The molecule has 0 aliphatic heterocycles. The minimum absolute atomic E-state index is 0.0486. The number of hydrogen-bond donors (Lipinski definition) is 1.